The number of rotatable bonds is 9. The van der Waals surface area contributed by atoms with Crippen LogP contribution in [0.3, 0.4) is 0 Å². The van der Waals surface area contributed by atoms with Crippen LogP contribution in [-0.4, -0.2) is 41.3 Å². The van der Waals surface area contributed by atoms with Gasteiger partial charge in [0.1, 0.15) is 17.2 Å². The first-order valence-corrected chi connectivity index (χ1v) is 13.2. The first-order valence-electron chi connectivity index (χ1n) is 13.2. The summed E-state index contributed by atoms with van der Waals surface area (Å²) in [6, 6.07) is 4.35. The van der Waals surface area contributed by atoms with E-state index in [2.05, 4.69) is 9.97 Å². The van der Waals surface area contributed by atoms with E-state index in [0.29, 0.717) is 29.0 Å². The fourth-order valence-corrected chi connectivity index (χ4v) is 4.85. The molecule has 1 fully saturated rings. The average Bonchev–Trinajstić information content (AvgIpc) is 3.80. The van der Waals surface area contributed by atoms with Crippen LogP contribution in [0.4, 0.5) is 20.5 Å². The molecular formula is C30H29F2N5O5. The first-order chi connectivity index (χ1) is 20.2. The van der Waals surface area contributed by atoms with E-state index in [-0.39, 0.29) is 46.4 Å². The van der Waals surface area contributed by atoms with Crippen LogP contribution >= 0.6 is 0 Å². The number of methoxy groups -OCH3 is 2. The number of carbonyl (C=O) groups excluding carboxylic acids is 1. The number of halogens is 2. The summed E-state index contributed by atoms with van der Waals surface area (Å²) >= 11 is 0. The van der Waals surface area contributed by atoms with Crippen molar-refractivity contribution in [3.05, 3.63) is 80.3 Å². The number of ether oxygens (including phenoxy) is 3. The zero-order valence-corrected chi connectivity index (χ0v) is 23.2. The fourth-order valence-electron chi connectivity index (χ4n) is 4.85. The Hall–Kier alpha value is -5.00. The van der Waals surface area contributed by atoms with Crippen molar-refractivity contribution in [1.82, 2.24) is 14.5 Å². The Labute approximate surface area is 239 Å². The van der Waals surface area contributed by atoms with E-state index in [0.717, 1.165) is 24.5 Å². The summed E-state index contributed by atoms with van der Waals surface area (Å²) in [7, 11) is 2.92. The predicted molar refractivity (Wildman–Crippen MR) is 154 cm³/mol. The summed E-state index contributed by atoms with van der Waals surface area (Å²) in [5.41, 5.74) is 11.9. The second-order valence-electron chi connectivity index (χ2n) is 9.78. The maximum absolute atomic E-state index is 16.1. The van der Waals surface area contributed by atoms with E-state index in [1.807, 2.05) is 0 Å². The molecule has 1 saturated carbocycles. The van der Waals surface area contributed by atoms with Crippen LogP contribution in [0.15, 0.2) is 35.4 Å². The van der Waals surface area contributed by atoms with Gasteiger partial charge in [-0.25, -0.2) is 18.6 Å². The molecule has 1 aliphatic carbocycles. The highest BCUT2D eigenvalue weighted by Crippen LogP contribution is 2.39. The smallest absolute Gasteiger partial charge is 0.343 e. The molecule has 218 valence electrons. The molecule has 0 spiro atoms. The molecule has 2 aromatic carbocycles. The van der Waals surface area contributed by atoms with E-state index >= 15 is 8.78 Å². The number of hydrogen-bond acceptors (Lipinski definition) is 9. The molecule has 0 bridgehead atoms. The number of hydrogen-bond donors (Lipinski definition) is 2. The van der Waals surface area contributed by atoms with Crippen molar-refractivity contribution in [2.75, 3.05) is 32.3 Å². The first kappa shape index (κ1) is 28.5. The van der Waals surface area contributed by atoms with Crippen LogP contribution < -0.4 is 26.4 Å². The lowest BCUT2D eigenvalue weighted by Crippen LogP contribution is -2.21. The highest BCUT2D eigenvalue weighted by atomic mass is 19.1. The number of aromatic nitrogens is 3. The minimum absolute atomic E-state index is 0.0517. The SMILES string of the molecule is CCOC(=O)c1cn(C2CC2)c2c(F)c(/C=C/c3cc(Cc4cnc(N)nc4N)cc(OC)c3OC)c(F)cc2c1=O. The summed E-state index contributed by atoms with van der Waals surface area (Å²) in [4.78, 5) is 33.5. The van der Waals surface area contributed by atoms with Crippen LogP contribution in [0, 0.1) is 11.6 Å². The van der Waals surface area contributed by atoms with Gasteiger partial charge < -0.3 is 30.2 Å². The summed E-state index contributed by atoms with van der Waals surface area (Å²) in [5, 5.41) is -0.232. The number of anilines is 2. The number of fused-ring (bicyclic) bond motifs is 1. The third-order valence-electron chi connectivity index (χ3n) is 6.99. The van der Waals surface area contributed by atoms with Gasteiger partial charge >= 0.3 is 5.97 Å². The number of nitrogens with zero attached hydrogens (tertiary/aromatic N) is 3. The van der Waals surface area contributed by atoms with Crippen LogP contribution in [-0.2, 0) is 11.2 Å². The van der Waals surface area contributed by atoms with Gasteiger partial charge in [-0.1, -0.05) is 6.08 Å². The molecule has 0 radical (unpaired) electrons. The average molecular weight is 578 g/mol. The van der Waals surface area contributed by atoms with E-state index in [4.69, 9.17) is 25.7 Å². The summed E-state index contributed by atoms with van der Waals surface area (Å²) in [5.74, 6) is -1.72. The molecule has 0 atom stereocenters. The Balaban J connectivity index is 1.62. The molecule has 4 N–H and O–H groups in total. The lowest BCUT2D eigenvalue weighted by molar-refractivity contribution is 0.0524. The van der Waals surface area contributed by atoms with Crippen molar-refractivity contribution in [2.45, 2.75) is 32.2 Å². The van der Waals surface area contributed by atoms with Crippen LogP contribution in [0.5, 0.6) is 11.5 Å². The topological polar surface area (TPSA) is 145 Å². The van der Waals surface area contributed by atoms with Crippen molar-refractivity contribution < 1.29 is 27.8 Å². The lowest BCUT2D eigenvalue weighted by atomic mass is 10.0. The number of esters is 1. The van der Waals surface area contributed by atoms with Gasteiger partial charge in [0.25, 0.3) is 0 Å². The molecule has 42 heavy (non-hydrogen) atoms. The monoisotopic (exact) mass is 577 g/mol. The molecule has 2 heterocycles. The molecule has 1 aliphatic rings. The van der Waals surface area contributed by atoms with Gasteiger partial charge in [-0.05, 0) is 49.6 Å². The Kier molecular flexibility index (Phi) is 7.79. The summed E-state index contributed by atoms with van der Waals surface area (Å²) < 4.78 is 49.0. The molecule has 12 heteroatoms. The Morgan fingerprint density at radius 1 is 1.14 bits per heavy atom. The van der Waals surface area contributed by atoms with Gasteiger partial charge in [-0.15, -0.1) is 0 Å². The molecular weight excluding hydrogens is 548 g/mol. The number of benzene rings is 2. The number of nitrogen functional groups attached to an aromatic ring is 2. The zero-order valence-electron chi connectivity index (χ0n) is 23.2. The van der Waals surface area contributed by atoms with Crippen molar-refractivity contribution in [1.29, 1.82) is 0 Å². The Morgan fingerprint density at radius 2 is 1.90 bits per heavy atom. The normalized spacial score (nSPS) is 13.1. The predicted octanol–water partition coefficient (Wildman–Crippen LogP) is 4.52. The van der Waals surface area contributed by atoms with Crippen LogP contribution in [0.1, 0.15) is 58.4 Å². The minimum atomic E-state index is -0.967. The fraction of sp³-hybridized carbons (Fsp3) is 0.267. The minimum Gasteiger partial charge on any atom is -0.493 e. The number of pyridine rings is 1. The molecule has 0 aliphatic heterocycles. The molecule has 0 amide bonds. The Bertz CT molecular complexity index is 1800. The molecule has 0 unspecified atom stereocenters. The molecule has 4 aromatic rings. The van der Waals surface area contributed by atoms with Gasteiger partial charge in [0.15, 0.2) is 17.3 Å². The second-order valence-corrected chi connectivity index (χ2v) is 9.78. The van der Waals surface area contributed by atoms with Gasteiger partial charge in [-0.2, -0.15) is 4.98 Å². The summed E-state index contributed by atoms with van der Waals surface area (Å²) in [6.45, 7) is 1.67. The van der Waals surface area contributed by atoms with E-state index in [9.17, 15) is 9.59 Å². The number of nitrogens with two attached hydrogens (primary N) is 2. The zero-order chi connectivity index (χ0) is 30.1. The third-order valence-corrected chi connectivity index (χ3v) is 6.99. The number of carbonyl (C=O) groups is 1. The summed E-state index contributed by atoms with van der Waals surface area (Å²) in [6.07, 6.45) is 7.38. The van der Waals surface area contributed by atoms with Crippen molar-refractivity contribution in [3.63, 3.8) is 0 Å². The quantitative estimate of drug-likeness (QED) is 0.217. The van der Waals surface area contributed by atoms with Gasteiger partial charge in [0, 0.05) is 41.5 Å². The van der Waals surface area contributed by atoms with Crippen LogP contribution in [0.25, 0.3) is 23.1 Å². The maximum Gasteiger partial charge on any atom is 0.343 e. The van der Waals surface area contributed by atoms with Gasteiger partial charge in [0.2, 0.25) is 11.4 Å². The van der Waals surface area contributed by atoms with E-state index in [1.165, 1.54) is 43.3 Å². The molecule has 2 aromatic heterocycles. The van der Waals surface area contributed by atoms with E-state index in [1.54, 1.807) is 19.1 Å². The maximum atomic E-state index is 16.1. The second kappa shape index (κ2) is 11.5. The van der Waals surface area contributed by atoms with Gasteiger partial charge in [0.05, 0.1) is 31.7 Å². The molecule has 0 saturated heterocycles. The van der Waals surface area contributed by atoms with Crippen molar-refractivity contribution in [2.24, 2.45) is 0 Å². The van der Waals surface area contributed by atoms with E-state index < -0.39 is 23.0 Å². The molecule has 10 nitrogen and oxygen atoms in total. The Morgan fingerprint density at radius 3 is 2.55 bits per heavy atom. The highest BCUT2D eigenvalue weighted by molar-refractivity contribution is 5.95. The third kappa shape index (κ3) is 5.35. The lowest BCUT2D eigenvalue weighted by Gasteiger charge is -2.15. The van der Waals surface area contributed by atoms with Gasteiger partial charge in [-0.3, -0.25) is 4.79 Å². The largest absolute Gasteiger partial charge is 0.493 e. The van der Waals surface area contributed by atoms with Crippen molar-refractivity contribution in [3.8, 4) is 11.5 Å². The molecule has 5 rings (SSSR count). The highest BCUT2D eigenvalue weighted by Gasteiger charge is 2.30. The van der Waals surface area contributed by atoms with Crippen LogP contribution in [0.2, 0.25) is 0 Å². The van der Waals surface area contributed by atoms with Crippen molar-refractivity contribution >= 4 is 40.8 Å². The standard InChI is InChI=1S/C30H29F2N5O5/c1-4-42-29(39)21-14-37(18-6-7-18)25-20(26(21)38)12-22(31)19(24(25)32)8-5-16-9-15(11-23(40-2)27(16)41-3)10-17-13-35-30(34)36-28(17)33/h5,8-9,11-14,18H,4,6-7,10H2,1-3H3,(H4,33,34,35,36)/b8-5+.